The van der Waals surface area contributed by atoms with Crippen LogP contribution in [0.25, 0.3) is 0 Å². The quantitative estimate of drug-likeness (QED) is 0.379. The van der Waals surface area contributed by atoms with Crippen LogP contribution in [0.2, 0.25) is 10.0 Å². The summed E-state index contributed by atoms with van der Waals surface area (Å²) in [5.74, 6) is -1.76. The Labute approximate surface area is 219 Å². The number of aliphatic hydroxyl groups is 2. The second kappa shape index (κ2) is 11.4. The summed E-state index contributed by atoms with van der Waals surface area (Å²) < 4.78 is 0. The van der Waals surface area contributed by atoms with Crippen LogP contribution in [-0.4, -0.2) is 45.7 Å². The van der Waals surface area contributed by atoms with Crippen LogP contribution in [0.5, 0.6) is 0 Å². The van der Waals surface area contributed by atoms with Crippen molar-refractivity contribution in [3.05, 3.63) is 105 Å². The van der Waals surface area contributed by atoms with E-state index in [1.165, 1.54) is 11.8 Å². The van der Waals surface area contributed by atoms with Gasteiger partial charge in [0.15, 0.2) is 0 Å². The summed E-state index contributed by atoms with van der Waals surface area (Å²) >= 11 is 12.0. The first-order valence-electron chi connectivity index (χ1n) is 11.4. The second-order valence-corrected chi connectivity index (χ2v) is 9.52. The normalized spacial score (nSPS) is 18.9. The highest BCUT2D eigenvalue weighted by Crippen LogP contribution is 2.44. The molecule has 9 heteroatoms. The Morgan fingerprint density at radius 2 is 1.64 bits per heavy atom. The zero-order valence-electron chi connectivity index (χ0n) is 19.5. The van der Waals surface area contributed by atoms with E-state index in [2.05, 4.69) is 5.48 Å². The summed E-state index contributed by atoms with van der Waals surface area (Å²) in [6, 6.07) is 18.9. The van der Waals surface area contributed by atoms with Gasteiger partial charge in [0.25, 0.3) is 11.8 Å². The van der Waals surface area contributed by atoms with Crippen molar-refractivity contribution in [2.24, 2.45) is 0 Å². The van der Waals surface area contributed by atoms with Crippen molar-refractivity contribution >= 4 is 35.0 Å². The SMILES string of the molecule is C[C@H](O)[C@H](CO)N1C(=O)c2ccccc2[C@H](C(=O)NOCc2ccc(Cl)cc2)[C@H]1c1ccc(Cl)cc1. The highest BCUT2D eigenvalue weighted by molar-refractivity contribution is 6.30. The summed E-state index contributed by atoms with van der Waals surface area (Å²) in [4.78, 5) is 34.2. The minimum atomic E-state index is -1.05. The first kappa shape index (κ1) is 26.1. The molecule has 2 amide bonds. The van der Waals surface area contributed by atoms with Gasteiger partial charge in [-0.3, -0.25) is 14.4 Å². The van der Waals surface area contributed by atoms with Crippen LogP contribution in [0.1, 0.15) is 45.9 Å². The average molecular weight is 529 g/mol. The minimum absolute atomic E-state index is 0.110. The summed E-state index contributed by atoms with van der Waals surface area (Å²) in [5.41, 5.74) is 4.80. The van der Waals surface area contributed by atoms with E-state index in [0.717, 1.165) is 5.56 Å². The van der Waals surface area contributed by atoms with Crippen LogP contribution in [0.15, 0.2) is 72.8 Å². The fraction of sp³-hybridized carbons (Fsp3) is 0.259. The van der Waals surface area contributed by atoms with E-state index in [1.807, 2.05) is 0 Å². The number of hydrogen-bond acceptors (Lipinski definition) is 5. The Morgan fingerprint density at radius 1 is 1.03 bits per heavy atom. The van der Waals surface area contributed by atoms with Crippen molar-refractivity contribution in [3.63, 3.8) is 0 Å². The van der Waals surface area contributed by atoms with E-state index in [0.29, 0.717) is 26.7 Å². The van der Waals surface area contributed by atoms with Gasteiger partial charge in [-0.1, -0.05) is 65.7 Å². The van der Waals surface area contributed by atoms with Gasteiger partial charge in [0, 0.05) is 15.6 Å². The molecule has 4 atom stereocenters. The molecule has 36 heavy (non-hydrogen) atoms. The number of nitrogens with one attached hydrogen (secondary N) is 1. The fourth-order valence-corrected chi connectivity index (χ4v) is 4.77. The third-order valence-electron chi connectivity index (χ3n) is 6.30. The predicted octanol–water partition coefficient (Wildman–Crippen LogP) is 4.26. The maximum absolute atomic E-state index is 13.7. The monoisotopic (exact) mass is 528 g/mol. The van der Waals surface area contributed by atoms with Crippen LogP contribution >= 0.6 is 23.2 Å². The largest absolute Gasteiger partial charge is 0.394 e. The van der Waals surface area contributed by atoms with E-state index in [1.54, 1.807) is 72.8 Å². The molecule has 7 nitrogen and oxygen atoms in total. The van der Waals surface area contributed by atoms with E-state index in [4.69, 9.17) is 28.0 Å². The summed E-state index contributed by atoms with van der Waals surface area (Å²) in [5, 5.41) is 21.7. The molecular weight excluding hydrogens is 503 g/mol. The van der Waals surface area contributed by atoms with Crippen molar-refractivity contribution < 1.29 is 24.6 Å². The van der Waals surface area contributed by atoms with Crippen molar-refractivity contribution in [3.8, 4) is 0 Å². The first-order valence-corrected chi connectivity index (χ1v) is 12.2. The number of carbonyl (C=O) groups is 2. The van der Waals surface area contributed by atoms with E-state index < -0.39 is 42.5 Å². The predicted molar refractivity (Wildman–Crippen MR) is 136 cm³/mol. The number of nitrogens with zero attached hydrogens (tertiary/aromatic N) is 1. The molecule has 1 heterocycles. The number of amides is 2. The van der Waals surface area contributed by atoms with E-state index in [-0.39, 0.29) is 6.61 Å². The third kappa shape index (κ3) is 5.40. The molecule has 1 aliphatic heterocycles. The van der Waals surface area contributed by atoms with Crippen LogP contribution in [0.3, 0.4) is 0 Å². The molecule has 0 radical (unpaired) electrons. The lowest BCUT2D eigenvalue weighted by Gasteiger charge is -2.45. The summed E-state index contributed by atoms with van der Waals surface area (Å²) in [7, 11) is 0. The summed E-state index contributed by atoms with van der Waals surface area (Å²) in [6.07, 6.45) is -1.05. The van der Waals surface area contributed by atoms with Crippen LogP contribution in [0, 0.1) is 0 Å². The Hall–Kier alpha value is -2.94. The molecule has 0 saturated heterocycles. The maximum atomic E-state index is 13.7. The molecule has 188 valence electrons. The van der Waals surface area contributed by atoms with Gasteiger partial charge < -0.3 is 15.1 Å². The topological polar surface area (TPSA) is 99.1 Å². The number of halogens is 2. The molecule has 0 aromatic heterocycles. The van der Waals surface area contributed by atoms with Gasteiger partial charge in [-0.2, -0.15) is 0 Å². The van der Waals surface area contributed by atoms with Crippen LogP contribution < -0.4 is 5.48 Å². The lowest BCUT2D eigenvalue weighted by atomic mass is 9.78. The molecule has 0 aliphatic carbocycles. The molecule has 3 aromatic rings. The molecule has 1 aliphatic rings. The second-order valence-electron chi connectivity index (χ2n) is 8.65. The van der Waals surface area contributed by atoms with Crippen molar-refractivity contribution in [2.45, 2.75) is 37.6 Å². The molecule has 0 unspecified atom stereocenters. The zero-order valence-corrected chi connectivity index (χ0v) is 21.0. The Kier molecular flexibility index (Phi) is 8.28. The number of aliphatic hydroxyl groups excluding tert-OH is 2. The molecule has 0 saturated carbocycles. The number of rotatable bonds is 8. The van der Waals surface area contributed by atoms with Gasteiger partial charge in [0.2, 0.25) is 0 Å². The van der Waals surface area contributed by atoms with Crippen molar-refractivity contribution in [1.82, 2.24) is 10.4 Å². The van der Waals surface area contributed by atoms with Gasteiger partial charge in [0.05, 0.1) is 37.3 Å². The Bertz CT molecular complexity index is 1220. The van der Waals surface area contributed by atoms with Crippen molar-refractivity contribution in [1.29, 1.82) is 0 Å². The van der Waals surface area contributed by atoms with E-state index >= 15 is 0 Å². The van der Waals surface area contributed by atoms with Crippen molar-refractivity contribution in [2.75, 3.05) is 6.61 Å². The lowest BCUT2D eigenvalue weighted by molar-refractivity contribution is -0.138. The Balaban J connectivity index is 1.74. The van der Waals surface area contributed by atoms with Gasteiger partial charge >= 0.3 is 0 Å². The maximum Gasteiger partial charge on any atom is 0.255 e. The number of carbonyl (C=O) groups excluding carboxylic acids is 2. The van der Waals surface area contributed by atoms with Gasteiger partial charge in [0.1, 0.15) is 0 Å². The first-order chi connectivity index (χ1) is 17.3. The molecule has 3 aromatic carbocycles. The van der Waals surface area contributed by atoms with E-state index in [9.17, 15) is 19.8 Å². The summed E-state index contributed by atoms with van der Waals surface area (Å²) in [6.45, 7) is 1.12. The highest BCUT2D eigenvalue weighted by atomic mass is 35.5. The number of benzene rings is 3. The molecule has 0 bridgehead atoms. The smallest absolute Gasteiger partial charge is 0.255 e. The zero-order chi connectivity index (χ0) is 25.8. The fourth-order valence-electron chi connectivity index (χ4n) is 4.52. The van der Waals surface area contributed by atoms with Crippen LogP contribution in [0.4, 0.5) is 0 Å². The molecule has 0 fully saturated rings. The van der Waals surface area contributed by atoms with Gasteiger partial charge in [-0.05, 0) is 53.9 Å². The lowest BCUT2D eigenvalue weighted by Crippen LogP contribution is -2.55. The highest BCUT2D eigenvalue weighted by Gasteiger charge is 2.47. The average Bonchev–Trinajstić information content (AvgIpc) is 2.87. The molecular formula is C27H26Cl2N2O5. The number of fused-ring (bicyclic) bond motifs is 1. The minimum Gasteiger partial charge on any atom is -0.394 e. The standard InChI is InChI=1S/C27H26Cl2N2O5/c1-16(33)23(14-32)31-25(18-8-12-20(29)13-9-18)24(21-4-2-3-5-22(21)27(31)35)26(34)30-36-15-17-6-10-19(28)11-7-17/h2-13,16,23-25,32-33H,14-15H2,1H3,(H,30,34)/t16-,23-,24-,25+/m0/s1. The molecule has 0 spiro atoms. The van der Waals surface area contributed by atoms with Gasteiger partial charge in [-0.15, -0.1) is 0 Å². The number of hydrogen-bond donors (Lipinski definition) is 3. The third-order valence-corrected chi connectivity index (χ3v) is 6.80. The van der Waals surface area contributed by atoms with Gasteiger partial charge in [-0.25, -0.2) is 5.48 Å². The number of hydroxylamine groups is 1. The molecule has 3 N–H and O–H groups in total. The molecule has 4 rings (SSSR count). The van der Waals surface area contributed by atoms with Crippen LogP contribution in [-0.2, 0) is 16.2 Å². The Morgan fingerprint density at radius 3 is 2.25 bits per heavy atom.